The minimum absolute atomic E-state index is 0.678. The molecule has 0 aliphatic carbocycles. The van der Waals surface area contributed by atoms with Crippen LogP contribution in [0.5, 0.6) is 0 Å². The number of nitrogens with one attached hydrogen (secondary N) is 1. The third-order valence-corrected chi connectivity index (χ3v) is 2.57. The molecule has 0 aliphatic heterocycles. The molecule has 0 saturated carbocycles. The molecule has 1 aromatic heterocycles. The highest BCUT2D eigenvalue weighted by atomic mass is 32.2. The first-order valence-electron chi connectivity index (χ1n) is 4.85. The Morgan fingerprint density at radius 2 is 2.36 bits per heavy atom. The number of aromatic nitrogens is 1. The second-order valence-corrected chi connectivity index (χ2v) is 4.19. The van der Waals surface area contributed by atoms with Crippen LogP contribution in [0.15, 0.2) is 23.4 Å². The third kappa shape index (κ3) is 4.09. The lowest BCUT2D eigenvalue weighted by Crippen LogP contribution is -2.21. The fraction of sp³-hybridized carbons (Fsp3) is 0.500. The molecule has 0 saturated heterocycles. The zero-order chi connectivity index (χ0) is 10.2. The van der Waals surface area contributed by atoms with E-state index in [1.807, 2.05) is 6.20 Å². The molecule has 14 heavy (non-hydrogen) atoms. The van der Waals surface area contributed by atoms with E-state index in [2.05, 4.69) is 29.4 Å². The summed E-state index contributed by atoms with van der Waals surface area (Å²) in [6.07, 6.45) is 1.92. The number of pyridine rings is 1. The number of nitrogens with two attached hydrogens (primary N) is 1. The van der Waals surface area contributed by atoms with Gasteiger partial charge in [-0.15, -0.1) is 11.8 Å². The summed E-state index contributed by atoms with van der Waals surface area (Å²) >= 11 is 1.76. The van der Waals surface area contributed by atoms with E-state index >= 15 is 0 Å². The van der Waals surface area contributed by atoms with Crippen LogP contribution >= 0.6 is 11.8 Å². The highest BCUT2D eigenvalue weighted by Crippen LogP contribution is 2.13. The Morgan fingerprint density at radius 1 is 1.50 bits per heavy atom. The molecule has 0 spiro atoms. The standard InChI is InChI=1S/C10H17N3S/c1-2-14-10-4-3-9(8-13-10)7-12-6-5-11/h3-4,8,12H,2,5-7,11H2,1H3. The molecule has 1 aromatic rings. The lowest BCUT2D eigenvalue weighted by Gasteiger charge is -2.03. The van der Waals surface area contributed by atoms with Crippen molar-refractivity contribution < 1.29 is 0 Å². The summed E-state index contributed by atoms with van der Waals surface area (Å²) < 4.78 is 0. The van der Waals surface area contributed by atoms with Crippen molar-refractivity contribution in [1.82, 2.24) is 10.3 Å². The molecule has 0 fully saturated rings. The summed E-state index contributed by atoms with van der Waals surface area (Å²) in [6, 6.07) is 4.17. The van der Waals surface area contributed by atoms with Crippen LogP contribution in [0.4, 0.5) is 0 Å². The van der Waals surface area contributed by atoms with Crippen molar-refractivity contribution in [1.29, 1.82) is 0 Å². The molecule has 4 heteroatoms. The number of rotatable bonds is 6. The van der Waals surface area contributed by atoms with Gasteiger partial charge < -0.3 is 11.1 Å². The van der Waals surface area contributed by atoms with Crippen LogP contribution in [0.3, 0.4) is 0 Å². The predicted molar refractivity (Wildman–Crippen MR) is 61.4 cm³/mol. The van der Waals surface area contributed by atoms with Gasteiger partial charge >= 0.3 is 0 Å². The molecule has 78 valence electrons. The molecular formula is C10H17N3S. The average molecular weight is 211 g/mol. The number of hydrogen-bond donors (Lipinski definition) is 2. The average Bonchev–Trinajstić information content (AvgIpc) is 2.21. The van der Waals surface area contributed by atoms with Gasteiger partial charge in [-0.1, -0.05) is 13.0 Å². The van der Waals surface area contributed by atoms with Gasteiger partial charge in [0.1, 0.15) is 0 Å². The lowest BCUT2D eigenvalue weighted by atomic mass is 10.3. The van der Waals surface area contributed by atoms with E-state index in [4.69, 9.17) is 5.73 Å². The van der Waals surface area contributed by atoms with Crippen molar-refractivity contribution in [3.05, 3.63) is 23.9 Å². The molecule has 1 rings (SSSR count). The van der Waals surface area contributed by atoms with Gasteiger partial charge in [-0.05, 0) is 17.4 Å². The molecule has 0 amide bonds. The van der Waals surface area contributed by atoms with Crippen molar-refractivity contribution in [2.75, 3.05) is 18.8 Å². The zero-order valence-corrected chi connectivity index (χ0v) is 9.31. The second kappa shape index (κ2) is 6.81. The molecule has 0 aliphatic rings. The smallest absolute Gasteiger partial charge is 0.0959 e. The molecule has 1 heterocycles. The molecule has 0 radical (unpaired) electrons. The largest absolute Gasteiger partial charge is 0.329 e. The fourth-order valence-electron chi connectivity index (χ4n) is 1.08. The fourth-order valence-corrected chi connectivity index (χ4v) is 1.67. The summed E-state index contributed by atoms with van der Waals surface area (Å²) in [7, 11) is 0. The van der Waals surface area contributed by atoms with Crippen molar-refractivity contribution in [2.45, 2.75) is 18.5 Å². The highest BCUT2D eigenvalue weighted by Gasteiger charge is 1.95. The van der Waals surface area contributed by atoms with Gasteiger partial charge in [-0.3, -0.25) is 0 Å². The molecule has 0 unspecified atom stereocenters. The van der Waals surface area contributed by atoms with Crippen LogP contribution in [0, 0.1) is 0 Å². The van der Waals surface area contributed by atoms with Gasteiger partial charge in [0.2, 0.25) is 0 Å². The maximum atomic E-state index is 5.37. The monoisotopic (exact) mass is 211 g/mol. The minimum atomic E-state index is 0.678. The number of thioether (sulfide) groups is 1. The molecule has 3 N–H and O–H groups in total. The Labute approximate surface area is 89.5 Å². The van der Waals surface area contributed by atoms with Crippen molar-refractivity contribution >= 4 is 11.8 Å². The Bertz CT molecular complexity index is 248. The first-order chi connectivity index (χ1) is 6.86. The van der Waals surface area contributed by atoms with Crippen LogP contribution in [0.25, 0.3) is 0 Å². The summed E-state index contributed by atoms with van der Waals surface area (Å²) in [5.41, 5.74) is 6.58. The predicted octanol–water partition coefficient (Wildman–Crippen LogP) is 1.24. The molecule has 0 bridgehead atoms. The Morgan fingerprint density at radius 3 is 2.93 bits per heavy atom. The van der Waals surface area contributed by atoms with Gasteiger partial charge in [-0.2, -0.15) is 0 Å². The van der Waals surface area contributed by atoms with Gasteiger partial charge in [-0.25, -0.2) is 4.98 Å². The van der Waals surface area contributed by atoms with E-state index in [0.29, 0.717) is 6.54 Å². The number of hydrogen-bond acceptors (Lipinski definition) is 4. The maximum Gasteiger partial charge on any atom is 0.0959 e. The normalized spacial score (nSPS) is 10.4. The summed E-state index contributed by atoms with van der Waals surface area (Å²) in [5, 5.41) is 4.32. The van der Waals surface area contributed by atoms with E-state index < -0.39 is 0 Å². The Kier molecular flexibility index (Phi) is 5.59. The minimum Gasteiger partial charge on any atom is -0.329 e. The van der Waals surface area contributed by atoms with Crippen molar-refractivity contribution in [3.63, 3.8) is 0 Å². The molecule has 0 atom stereocenters. The quantitative estimate of drug-likeness (QED) is 0.549. The maximum absolute atomic E-state index is 5.37. The first-order valence-corrected chi connectivity index (χ1v) is 5.84. The zero-order valence-electron chi connectivity index (χ0n) is 8.49. The van der Waals surface area contributed by atoms with Crippen LogP contribution in [0.2, 0.25) is 0 Å². The Balaban J connectivity index is 2.38. The van der Waals surface area contributed by atoms with E-state index in [9.17, 15) is 0 Å². The van der Waals surface area contributed by atoms with Gasteiger partial charge in [0, 0.05) is 25.8 Å². The van der Waals surface area contributed by atoms with Crippen LogP contribution in [-0.4, -0.2) is 23.8 Å². The van der Waals surface area contributed by atoms with E-state index in [1.54, 1.807) is 11.8 Å². The summed E-state index contributed by atoms with van der Waals surface area (Å²) in [6.45, 7) is 4.51. The van der Waals surface area contributed by atoms with Gasteiger partial charge in [0.25, 0.3) is 0 Å². The van der Waals surface area contributed by atoms with Crippen LogP contribution in [-0.2, 0) is 6.54 Å². The van der Waals surface area contributed by atoms with Gasteiger partial charge in [0.05, 0.1) is 5.03 Å². The number of nitrogens with zero attached hydrogens (tertiary/aromatic N) is 1. The highest BCUT2D eigenvalue weighted by molar-refractivity contribution is 7.99. The molecule has 3 nitrogen and oxygen atoms in total. The summed E-state index contributed by atoms with van der Waals surface area (Å²) in [4.78, 5) is 4.34. The summed E-state index contributed by atoms with van der Waals surface area (Å²) in [5.74, 6) is 1.07. The van der Waals surface area contributed by atoms with Crippen molar-refractivity contribution in [2.24, 2.45) is 5.73 Å². The van der Waals surface area contributed by atoms with E-state index in [1.165, 1.54) is 5.56 Å². The molecular weight excluding hydrogens is 194 g/mol. The Hall–Kier alpha value is -0.580. The van der Waals surface area contributed by atoms with E-state index in [0.717, 1.165) is 23.9 Å². The topological polar surface area (TPSA) is 50.9 Å². The van der Waals surface area contributed by atoms with Crippen LogP contribution < -0.4 is 11.1 Å². The lowest BCUT2D eigenvalue weighted by molar-refractivity contribution is 0.692. The van der Waals surface area contributed by atoms with Crippen LogP contribution in [0.1, 0.15) is 12.5 Å². The first kappa shape index (κ1) is 11.5. The second-order valence-electron chi connectivity index (χ2n) is 2.90. The third-order valence-electron chi connectivity index (χ3n) is 1.74. The van der Waals surface area contributed by atoms with Crippen molar-refractivity contribution in [3.8, 4) is 0 Å². The SMILES string of the molecule is CCSc1ccc(CNCCN)cn1. The van der Waals surface area contributed by atoms with E-state index in [-0.39, 0.29) is 0 Å². The van der Waals surface area contributed by atoms with Gasteiger partial charge in [0.15, 0.2) is 0 Å². The molecule has 0 aromatic carbocycles.